The summed E-state index contributed by atoms with van der Waals surface area (Å²) in [5.74, 6) is 1.93. The minimum Gasteiger partial charge on any atom is -0.456 e. The second-order valence-corrected chi connectivity index (χ2v) is 15.2. The van der Waals surface area contributed by atoms with Gasteiger partial charge in [0, 0.05) is 27.5 Å². The van der Waals surface area contributed by atoms with E-state index >= 15 is 0 Å². The van der Waals surface area contributed by atoms with Crippen LogP contribution in [-0.4, -0.2) is 15.0 Å². The third-order valence-corrected chi connectivity index (χ3v) is 11.4. The van der Waals surface area contributed by atoms with Crippen molar-refractivity contribution < 1.29 is 4.42 Å². The zero-order valence-electron chi connectivity index (χ0n) is 33.1. The fraction of sp³-hybridized carbons (Fsp3) is 0. The monoisotopic (exact) mass is 779 g/mol. The molecule has 0 unspecified atom stereocenters. The minimum atomic E-state index is 0.636. The van der Waals surface area contributed by atoms with Crippen molar-refractivity contribution in [1.29, 1.82) is 0 Å². The van der Waals surface area contributed by atoms with Crippen LogP contribution in [0.15, 0.2) is 229 Å². The first-order valence-electron chi connectivity index (χ1n) is 20.5. The lowest BCUT2D eigenvalue weighted by molar-refractivity contribution is 0.669. The highest BCUT2D eigenvalue weighted by Crippen LogP contribution is 2.45. The maximum Gasteiger partial charge on any atom is 0.164 e. The standard InChI is InChI=1S/C57H37N3O/c1-5-15-38(16-6-1)47-36-49(54(42-17-7-2-8-18-42)50(37-47)46-33-34-53-51(35-46)48-23-13-14-24-52(48)61-53)41-29-25-39(26-30-41)40-27-31-45(32-28-40)57-59-55(43-19-9-3-10-20-43)58-56(60-57)44-21-11-4-12-22-44/h1-37H. The summed E-state index contributed by atoms with van der Waals surface area (Å²) in [6, 6.07) is 78.6. The lowest BCUT2D eigenvalue weighted by Crippen LogP contribution is -2.00. The maximum absolute atomic E-state index is 6.25. The van der Waals surface area contributed by atoms with Gasteiger partial charge in [0.15, 0.2) is 17.5 Å². The quantitative estimate of drug-likeness (QED) is 0.154. The highest BCUT2D eigenvalue weighted by molar-refractivity contribution is 6.07. The van der Waals surface area contributed by atoms with Gasteiger partial charge in [-0.15, -0.1) is 0 Å². The first kappa shape index (κ1) is 35.9. The normalized spacial score (nSPS) is 11.3. The molecule has 11 aromatic rings. The van der Waals surface area contributed by atoms with Gasteiger partial charge in [-0.05, 0) is 86.0 Å². The smallest absolute Gasteiger partial charge is 0.164 e. The molecule has 0 amide bonds. The molecular weight excluding hydrogens is 743 g/mol. The van der Waals surface area contributed by atoms with Crippen LogP contribution in [0.3, 0.4) is 0 Å². The fourth-order valence-electron chi connectivity index (χ4n) is 8.30. The van der Waals surface area contributed by atoms with Gasteiger partial charge in [-0.2, -0.15) is 0 Å². The molecule has 61 heavy (non-hydrogen) atoms. The molecule has 4 nitrogen and oxygen atoms in total. The van der Waals surface area contributed by atoms with Crippen LogP contribution in [0.1, 0.15) is 0 Å². The number of rotatable bonds is 8. The Balaban J connectivity index is 1.00. The molecule has 0 N–H and O–H groups in total. The van der Waals surface area contributed by atoms with E-state index in [-0.39, 0.29) is 0 Å². The van der Waals surface area contributed by atoms with Crippen LogP contribution in [0.4, 0.5) is 0 Å². The number of nitrogens with zero attached hydrogens (tertiary/aromatic N) is 3. The summed E-state index contributed by atoms with van der Waals surface area (Å²) in [6.07, 6.45) is 0. The Bertz CT molecular complexity index is 3250. The molecule has 0 atom stereocenters. The van der Waals surface area contributed by atoms with Gasteiger partial charge >= 0.3 is 0 Å². The van der Waals surface area contributed by atoms with E-state index in [1.54, 1.807) is 0 Å². The summed E-state index contributed by atoms with van der Waals surface area (Å²) in [7, 11) is 0. The van der Waals surface area contributed by atoms with E-state index in [1.807, 2.05) is 72.8 Å². The van der Waals surface area contributed by atoms with Gasteiger partial charge in [0.2, 0.25) is 0 Å². The van der Waals surface area contributed by atoms with Crippen molar-refractivity contribution in [2.45, 2.75) is 0 Å². The predicted octanol–water partition coefficient (Wildman–Crippen LogP) is 15.1. The number of hydrogen-bond donors (Lipinski definition) is 0. The van der Waals surface area contributed by atoms with Crippen molar-refractivity contribution in [3.8, 4) is 89.8 Å². The summed E-state index contributed by atoms with van der Waals surface area (Å²) in [5.41, 5.74) is 16.1. The average Bonchev–Trinajstić information content (AvgIpc) is 3.73. The number of fused-ring (bicyclic) bond motifs is 3. The molecular formula is C57H37N3O. The van der Waals surface area contributed by atoms with Crippen LogP contribution in [0.2, 0.25) is 0 Å². The van der Waals surface area contributed by atoms with Crippen LogP contribution in [0, 0.1) is 0 Å². The van der Waals surface area contributed by atoms with E-state index in [9.17, 15) is 0 Å². The van der Waals surface area contributed by atoms with Crippen LogP contribution in [0.25, 0.3) is 112 Å². The number of furan rings is 1. The SMILES string of the molecule is c1ccc(-c2cc(-c3ccc(-c4ccc(-c5nc(-c6ccccc6)nc(-c6ccccc6)n5)cc4)cc3)c(-c3ccccc3)c(-c3ccc4oc5ccccc5c4c3)c2)cc1. The van der Waals surface area contributed by atoms with Crippen LogP contribution < -0.4 is 0 Å². The Kier molecular flexibility index (Phi) is 9.14. The molecule has 0 aliphatic heterocycles. The summed E-state index contributed by atoms with van der Waals surface area (Å²) in [4.78, 5) is 14.7. The number of hydrogen-bond acceptors (Lipinski definition) is 4. The molecule has 0 saturated heterocycles. The van der Waals surface area contributed by atoms with Crippen molar-refractivity contribution in [3.63, 3.8) is 0 Å². The summed E-state index contributed by atoms with van der Waals surface area (Å²) >= 11 is 0. The molecule has 9 aromatic carbocycles. The van der Waals surface area contributed by atoms with Gasteiger partial charge in [0.05, 0.1) is 0 Å². The molecule has 2 heterocycles. The second-order valence-electron chi connectivity index (χ2n) is 15.2. The molecule has 0 saturated carbocycles. The van der Waals surface area contributed by atoms with Gasteiger partial charge in [0.1, 0.15) is 11.2 Å². The van der Waals surface area contributed by atoms with Crippen LogP contribution in [-0.2, 0) is 0 Å². The third-order valence-electron chi connectivity index (χ3n) is 11.4. The number of para-hydroxylation sites is 1. The molecule has 0 aliphatic carbocycles. The van der Waals surface area contributed by atoms with E-state index in [1.165, 1.54) is 22.3 Å². The molecule has 0 bridgehead atoms. The Labute approximate surface area is 354 Å². The van der Waals surface area contributed by atoms with E-state index in [0.717, 1.165) is 72.0 Å². The highest BCUT2D eigenvalue weighted by atomic mass is 16.3. The first-order valence-corrected chi connectivity index (χ1v) is 20.5. The minimum absolute atomic E-state index is 0.636. The molecule has 286 valence electrons. The predicted molar refractivity (Wildman–Crippen MR) is 251 cm³/mol. The van der Waals surface area contributed by atoms with E-state index in [0.29, 0.717) is 17.5 Å². The summed E-state index contributed by atoms with van der Waals surface area (Å²) in [5, 5.41) is 2.23. The highest BCUT2D eigenvalue weighted by Gasteiger charge is 2.19. The third kappa shape index (κ3) is 6.96. The molecule has 2 aromatic heterocycles. The van der Waals surface area contributed by atoms with Gasteiger partial charge in [-0.1, -0.05) is 194 Å². The topological polar surface area (TPSA) is 51.8 Å². The van der Waals surface area contributed by atoms with Crippen LogP contribution >= 0.6 is 0 Å². The largest absolute Gasteiger partial charge is 0.456 e. The zero-order chi connectivity index (χ0) is 40.5. The molecule has 11 rings (SSSR count). The maximum atomic E-state index is 6.25. The Morgan fingerprint density at radius 2 is 0.623 bits per heavy atom. The Hall–Kier alpha value is -8.21. The van der Waals surface area contributed by atoms with Crippen molar-refractivity contribution in [3.05, 3.63) is 224 Å². The first-order chi connectivity index (χ1) is 30.2. The Morgan fingerprint density at radius 3 is 1.18 bits per heavy atom. The van der Waals surface area contributed by atoms with Crippen molar-refractivity contribution in [1.82, 2.24) is 15.0 Å². The lowest BCUT2D eigenvalue weighted by Gasteiger charge is -2.19. The molecule has 0 radical (unpaired) electrons. The van der Waals surface area contributed by atoms with Gasteiger partial charge < -0.3 is 4.42 Å². The van der Waals surface area contributed by atoms with Crippen molar-refractivity contribution in [2.75, 3.05) is 0 Å². The second kappa shape index (κ2) is 15.5. The molecule has 0 aliphatic rings. The summed E-state index contributed by atoms with van der Waals surface area (Å²) < 4.78 is 6.25. The molecule has 0 fully saturated rings. The van der Waals surface area contributed by atoms with Crippen molar-refractivity contribution >= 4 is 21.9 Å². The lowest BCUT2D eigenvalue weighted by atomic mass is 9.84. The number of benzene rings is 9. The van der Waals surface area contributed by atoms with Gasteiger partial charge in [-0.25, -0.2) is 15.0 Å². The zero-order valence-corrected chi connectivity index (χ0v) is 33.1. The van der Waals surface area contributed by atoms with E-state index in [4.69, 9.17) is 19.4 Å². The fourth-order valence-corrected chi connectivity index (χ4v) is 8.30. The van der Waals surface area contributed by atoms with Gasteiger partial charge in [-0.3, -0.25) is 0 Å². The molecule has 4 heteroatoms. The molecule has 0 spiro atoms. The van der Waals surface area contributed by atoms with Gasteiger partial charge in [0.25, 0.3) is 0 Å². The van der Waals surface area contributed by atoms with Crippen molar-refractivity contribution in [2.24, 2.45) is 0 Å². The van der Waals surface area contributed by atoms with E-state index < -0.39 is 0 Å². The number of aromatic nitrogens is 3. The Morgan fingerprint density at radius 1 is 0.246 bits per heavy atom. The average molecular weight is 780 g/mol. The van der Waals surface area contributed by atoms with E-state index in [2.05, 4.69) is 152 Å². The van der Waals surface area contributed by atoms with Crippen LogP contribution in [0.5, 0.6) is 0 Å². The summed E-state index contributed by atoms with van der Waals surface area (Å²) in [6.45, 7) is 0.